The number of carbonyl (C=O) groups is 2. The molecule has 160 valence electrons. The molecule has 0 spiro atoms. The number of rotatable bonds is 7. The van der Waals surface area contributed by atoms with E-state index < -0.39 is 6.04 Å². The highest BCUT2D eigenvalue weighted by atomic mass is 35.5. The summed E-state index contributed by atoms with van der Waals surface area (Å²) in [4.78, 5) is 27.7. The maximum atomic E-state index is 13.2. The third-order valence-corrected chi connectivity index (χ3v) is 6.42. The molecule has 1 saturated carbocycles. The summed E-state index contributed by atoms with van der Waals surface area (Å²) in [6.45, 7) is 2.06. The Balaban J connectivity index is 1.78. The molecule has 0 saturated heterocycles. The van der Waals surface area contributed by atoms with Crippen LogP contribution in [0.5, 0.6) is 0 Å². The largest absolute Gasteiger partial charge is 0.352 e. The van der Waals surface area contributed by atoms with Gasteiger partial charge in [0.25, 0.3) is 0 Å². The van der Waals surface area contributed by atoms with Crippen molar-refractivity contribution in [3.05, 3.63) is 68.7 Å². The Labute approximate surface area is 192 Å². The third kappa shape index (κ3) is 6.13. The lowest BCUT2D eigenvalue weighted by Gasteiger charge is -2.30. The van der Waals surface area contributed by atoms with Crippen molar-refractivity contribution in [2.75, 3.05) is 0 Å². The lowest BCUT2D eigenvalue weighted by atomic mass is 10.1. The second kappa shape index (κ2) is 10.5. The zero-order valence-electron chi connectivity index (χ0n) is 16.8. The predicted molar refractivity (Wildman–Crippen MR) is 122 cm³/mol. The molecule has 0 aliphatic heterocycles. The SMILES string of the molecule is C[C@@H](C(=O)NC1CCCC1)N(Cc1cccc(Cl)c1)C(=O)Cc1ccc(Cl)c(Cl)c1. The number of benzene rings is 2. The molecule has 1 aliphatic carbocycles. The molecule has 0 radical (unpaired) electrons. The standard InChI is InChI=1S/C23H25Cl3N2O2/c1-15(23(30)27-19-7-2-3-8-19)28(14-17-5-4-6-18(24)11-17)22(29)13-16-9-10-20(25)21(26)12-16/h4-6,9-12,15,19H,2-3,7-8,13-14H2,1H3,(H,27,30)/t15-/m0/s1. The van der Waals surface area contributed by atoms with Crippen molar-refractivity contribution in [1.29, 1.82) is 0 Å². The maximum absolute atomic E-state index is 13.2. The highest BCUT2D eigenvalue weighted by molar-refractivity contribution is 6.42. The van der Waals surface area contributed by atoms with E-state index in [0.29, 0.717) is 21.6 Å². The molecule has 30 heavy (non-hydrogen) atoms. The Morgan fingerprint density at radius 2 is 1.77 bits per heavy atom. The zero-order chi connectivity index (χ0) is 21.7. The van der Waals surface area contributed by atoms with Crippen molar-refractivity contribution >= 4 is 46.6 Å². The Hall–Kier alpha value is -1.75. The minimum Gasteiger partial charge on any atom is -0.352 e. The van der Waals surface area contributed by atoms with Gasteiger partial charge in [0.15, 0.2) is 0 Å². The van der Waals surface area contributed by atoms with Crippen LogP contribution < -0.4 is 5.32 Å². The fraction of sp³-hybridized carbons (Fsp3) is 0.391. The fourth-order valence-electron chi connectivity index (χ4n) is 3.73. The Bertz CT molecular complexity index is 913. The van der Waals surface area contributed by atoms with Crippen LogP contribution in [-0.2, 0) is 22.6 Å². The highest BCUT2D eigenvalue weighted by Gasteiger charge is 2.28. The number of carbonyl (C=O) groups excluding carboxylic acids is 2. The second-order valence-corrected chi connectivity index (χ2v) is 8.99. The monoisotopic (exact) mass is 466 g/mol. The van der Waals surface area contributed by atoms with Crippen molar-refractivity contribution in [2.45, 2.75) is 57.7 Å². The van der Waals surface area contributed by atoms with Gasteiger partial charge >= 0.3 is 0 Å². The minimum atomic E-state index is -0.611. The average molecular weight is 468 g/mol. The van der Waals surface area contributed by atoms with Crippen molar-refractivity contribution in [2.24, 2.45) is 0 Å². The number of amides is 2. The van der Waals surface area contributed by atoms with E-state index in [-0.39, 0.29) is 24.3 Å². The molecule has 1 aliphatic rings. The summed E-state index contributed by atoms with van der Waals surface area (Å²) in [6, 6.07) is 12.0. The summed E-state index contributed by atoms with van der Waals surface area (Å²) in [6.07, 6.45) is 4.36. The molecule has 0 unspecified atom stereocenters. The van der Waals surface area contributed by atoms with Crippen LogP contribution >= 0.6 is 34.8 Å². The smallest absolute Gasteiger partial charge is 0.242 e. The molecule has 2 amide bonds. The van der Waals surface area contributed by atoms with Crippen LogP contribution in [0.1, 0.15) is 43.7 Å². The Kier molecular flexibility index (Phi) is 8.04. The van der Waals surface area contributed by atoms with Gasteiger partial charge in [-0.2, -0.15) is 0 Å². The summed E-state index contributed by atoms with van der Waals surface area (Å²) in [5, 5.41) is 4.52. The van der Waals surface area contributed by atoms with Crippen LogP contribution in [0.3, 0.4) is 0 Å². The van der Waals surface area contributed by atoms with Gasteiger partial charge in [0.2, 0.25) is 11.8 Å². The van der Waals surface area contributed by atoms with Crippen molar-refractivity contribution in [3.8, 4) is 0 Å². The molecule has 7 heteroatoms. The van der Waals surface area contributed by atoms with Gasteiger partial charge in [-0.15, -0.1) is 0 Å². The van der Waals surface area contributed by atoms with E-state index in [0.717, 1.165) is 36.8 Å². The van der Waals surface area contributed by atoms with Crippen molar-refractivity contribution in [1.82, 2.24) is 10.2 Å². The Morgan fingerprint density at radius 1 is 1.03 bits per heavy atom. The predicted octanol–water partition coefficient (Wildman–Crippen LogP) is 5.67. The van der Waals surface area contributed by atoms with Crippen LogP contribution in [0.4, 0.5) is 0 Å². The zero-order valence-corrected chi connectivity index (χ0v) is 19.1. The quantitative estimate of drug-likeness (QED) is 0.571. The van der Waals surface area contributed by atoms with Gasteiger partial charge in [-0.3, -0.25) is 9.59 Å². The van der Waals surface area contributed by atoms with E-state index in [1.165, 1.54) is 0 Å². The van der Waals surface area contributed by atoms with Crippen LogP contribution in [-0.4, -0.2) is 28.8 Å². The number of hydrogen-bond acceptors (Lipinski definition) is 2. The normalized spacial score (nSPS) is 15.1. The van der Waals surface area contributed by atoms with E-state index in [1.54, 1.807) is 36.1 Å². The topological polar surface area (TPSA) is 49.4 Å². The Morgan fingerprint density at radius 3 is 2.43 bits per heavy atom. The fourth-order valence-corrected chi connectivity index (χ4v) is 4.27. The van der Waals surface area contributed by atoms with E-state index in [4.69, 9.17) is 34.8 Å². The molecule has 2 aromatic rings. The lowest BCUT2D eigenvalue weighted by Crippen LogP contribution is -2.50. The summed E-state index contributed by atoms with van der Waals surface area (Å²) >= 11 is 18.2. The van der Waals surface area contributed by atoms with E-state index in [1.807, 2.05) is 18.2 Å². The van der Waals surface area contributed by atoms with E-state index in [9.17, 15) is 9.59 Å². The molecule has 2 aromatic carbocycles. The number of hydrogen-bond donors (Lipinski definition) is 1. The molecule has 0 aromatic heterocycles. The molecule has 1 atom stereocenters. The first-order chi connectivity index (χ1) is 14.3. The van der Waals surface area contributed by atoms with Crippen molar-refractivity contribution < 1.29 is 9.59 Å². The number of halogens is 3. The third-order valence-electron chi connectivity index (χ3n) is 5.45. The maximum Gasteiger partial charge on any atom is 0.242 e. The van der Waals surface area contributed by atoms with Crippen LogP contribution in [0.25, 0.3) is 0 Å². The van der Waals surface area contributed by atoms with Crippen LogP contribution in [0.15, 0.2) is 42.5 Å². The summed E-state index contributed by atoms with van der Waals surface area (Å²) in [7, 11) is 0. The van der Waals surface area contributed by atoms with E-state index in [2.05, 4.69) is 5.32 Å². The lowest BCUT2D eigenvalue weighted by molar-refractivity contribution is -0.140. The minimum absolute atomic E-state index is 0.124. The average Bonchev–Trinajstić information content (AvgIpc) is 3.21. The van der Waals surface area contributed by atoms with Gasteiger partial charge in [-0.1, -0.05) is 65.8 Å². The molecule has 3 rings (SSSR count). The van der Waals surface area contributed by atoms with Crippen molar-refractivity contribution in [3.63, 3.8) is 0 Å². The number of nitrogens with zero attached hydrogens (tertiary/aromatic N) is 1. The molecule has 0 bridgehead atoms. The van der Waals surface area contributed by atoms with E-state index >= 15 is 0 Å². The summed E-state index contributed by atoms with van der Waals surface area (Å²) in [5.74, 6) is -0.297. The first-order valence-corrected chi connectivity index (χ1v) is 11.2. The first kappa shape index (κ1) is 22.9. The molecule has 0 heterocycles. The van der Waals surface area contributed by atoms with Gasteiger partial charge in [-0.25, -0.2) is 0 Å². The van der Waals surface area contributed by atoms with Gasteiger partial charge in [0, 0.05) is 17.6 Å². The summed E-state index contributed by atoms with van der Waals surface area (Å²) in [5.41, 5.74) is 1.61. The second-order valence-electron chi connectivity index (χ2n) is 7.74. The molecule has 4 nitrogen and oxygen atoms in total. The molecule has 1 N–H and O–H groups in total. The number of nitrogens with one attached hydrogen (secondary N) is 1. The van der Waals surface area contributed by atoms with Crippen LogP contribution in [0.2, 0.25) is 15.1 Å². The molecular weight excluding hydrogens is 443 g/mol. The molecule has 1 fully saturated rings. The van der Waals surface area contributed by atoms with Gasteiger partial charge in [0.1, 0.15) is 6.04 Å². The van der Waals surface area contributed by atoms with Gasteiger partial charge < -0.3 is 10.2 Å². The van der Waals surface area contributed by atoms with Crippen LogP contribution in [0, 0.1) is 0 Å². The summed E-state index contributed by atoms with van der Waals surface area (Å²) < 4.78 is 0. The first-order valence-electron chi connectivity index (χ1n) is 10.1. The molecular formula is C23H25Cl3N2O2. The van der Waals surface area contributed by atoms with Gasteiger partial charge in [-0.05, 0) is 55.2 Å². The highest BCUT2D eigenvalue weighted by Crippen LogP contribution is 2.24. The van der Waals surface area contributed by atoms with Gasteiger partial charge in [0.05, 0.1) is 16.5 Å².